The number of carbonyl (C=O) groups is 1. The summed E-state index contributed by atoms with van der Waals surface area (Å²) in [6.07, 6.45) is 0. The number of aromatic carboxylic acids is 1. The highest BCUT2D eigenvalue weighted by atomic mass is 32.1. The van der Waals surface area contributed by atoms with Crippen LogP contribution in [0, 0.1) is 13.8 Å². The number of benzene rings is 1. The third-order valence-electron chi connectivity index (χ3n) is 2.42. The highest BCUT2D eigenvalue weighted by Crippen LogP contribution is 2.30. The van der Waals surface area contributed by atoms with Crippen molar-refractivity contribution in [1.82, 2.24) is 0 Å². The van der Waals surface area contributed by atoms with Crippen molar-refractivity contribution in [3.8, 4) is 0 Å². The lowest BCUT2D eigenvalue weighted by atomic mass is 10.1. The molecule has 0 radical (unpaired) electrons. The first-order chi connectivity index (χ1) is 6.59. The van der Waals surface area contributed by atoms with E-state index in [9.17, 15) is 4.79 Å². The van der Waals surface area contributed by atoms with E-state index < -0.39 is 5.97 Å². The zero-order chi connectivity index (χ0) is 10.3. The molecular formula is C11H10O2S. The Balaban J connectivity index is 2.76. The lowest BCUT2D eigenvalue weighted by Crippen LogP contribution is -1.94. The molecular weight excluding hydrogens is 196 g/mol. The van der Waals surface area contributed by atoms with Crippen molar-refractivity contribution >= 4 is 27.4 Å². The molecule has 2 nitrogen and oxygen atoms in total. The van der Waals surface area contributed by atoms with E-state index in [1.54, 1.807) is 23.5 Å². The minimum Gasteiger partial charge on any atom is -0.478 e. The molecule has 0 amide bonds. The molecule has 2 aromatic rings. The maximum atomic E-state index is 10.8. The van der Waals surface area contributed by atoms with Crippen LogP contribution in [-0.2, 0) is 0 Å². The maximum Gasteiger partial charge on any atom is 0.335 e. The maximum absolute atomic E-state index is 10.8. The Morgan fingerprint density at radius 1 is 1.36 bits per heavy atom. The Labute approximate surface area is 85.8 Å². The topological polar surface area (TPSA) is 37.3 Å². The van der Waals surface area contributed by atoms with Crippen LogP contribution in [0.5, 0.6) is 0 Å². The molecule has 1 aromatic carbocycles. The fourth-order valence-electron chi connectivity index (χ4n) is 1.48. The predicted molar refractivity (Wildman–Crippen MR) is 58.3 cm³/mol. The second-order valence-electron chi connectivity index (χ2n) is 3.30. The van der Waals surface area contributed by atoms with Gasteiger partial charge >= 0.3 is 5.97 Å². The molecule has 1 heterocycles. The molecule has 1 aromatic heterocycles. The standard InChI is InChI=1S/C11H10O2S/c1-6-7(2)14-10-4-3-8(11(12)13)5-9(6)10/h3-5H,1-2H3,(H,12,13). The second kappa shape index (κ2) is 3.10. The highest BCUT2D eigenvalue weighted by Gasteiger charge is 2.08. The van der Waals surface area contributed by atoms with Crippen LogP contribution in [0.3, 0.4) is 0 Å². The van der Waals surface area contributed by atoms with Crippen LogP contribution in [0.25, 0.3) is 10.1 Å². The van der Waals surface area contributed by atoms with E-state index in [-0.39, 0.29) is 0 Å². The van der Waals surface area contributed by atoms with Crippen LogP contribution in [0.15, 0.2) is 18.2 Å². The molecule has 0 fully saturated rings. The van der Waals surface area contributed by atoms with Gasteiger partial charge in [0.2, 0.25) is 0 Å². The lowest BCUT2D eigenvalue weighted by Gasteiger charge is -1.95. The minimum absolute atomic E-state index is 0.360. The van der Waals surface area contributed by atoms with Crippen LogP contribution in [0.1, 0.15) is 20.8 Å². The van der Waals surface area contributed by atoms with Gasteiger partial charge in [-0.05, 0) is 43.0 Å². The van der Waals surface area contributed by atoms with Gasteiger partial charge < -0.3 is 5.11 Å². The molecule has 0 saturated carbocycles. The largest absolute Gasteiger partial charge is 0.478 e. The van der Waals surface area contributed by atoms with Crippen LogP contribution >= 0.6 is 11.3 Å². The fraction of sp³-hybridized carbons (Fsp3) is 0.182. The summed E-state index contributed by atoms with van der Waals surface area (Å²) in [7, 11) is 0. The van der Waals surface area contributed by atoms with Gasteiger partial charge in [-0.3, -0.25) is 0 Å². The molecule has 0 aliphatic rings. The van der Waals surface area contributed by atoms with Crippen molar-refractivity contribution in [2.24, 2.45) is 0 Å². The highest BCUT2D eigenvalue weighted by molar-refractivity contribution is 7.19. The second-order valence-corrected chi connectivity index (χ2v) is 4.56. The van der Waals surface area contributed by atoms with Crippen LogP contribution in [-0.4, -0.2) is 11.1 Å². The average Bonchev–Trinajstić information content (AvgIpc) is 2.43. The van der Waals surface area contributed by atoms with Crippen LogP contribution < -0.4 is 0 Å². The first-order valence-electron chi connectivity index (χ1n) is 4.32. The molecule has 0 atom stereocenters. The summed E-state index contributed by atoms with van der Waals surface area (Å²) in [5.74, 6) is -0.866. The monoisotopic (exact) mass is 206 g/mol. The molecule has 1 N–H and O–H groups in total. The molecule has 0 saturated heterocycles. The average molecular weight is 206 g/mol. The van der Waals surface area contributed by atoms with Gasteiger partial charge in [0.05, 0.1) is 5.56 Å². The Kier molecular flexibility index (Phi) is 2.04. The van der Waals surface area contributed by atoms with Gasteiger partial charge in [0, 0.05) is 9.58 Å². The molecule has 0 spiro atoms. The first kappa shape index (κ1) is 9.21. The van der Waals surface area contributed by atoms with Gasteiger partial charge in [-0.1, -0.05) is 0 Å². The van der Waals surface area contributed by atoms with Gasteiger partial charge in [0.15, 0.2) is 0 Å². The summed E-state index contributed by atoms with van der Waals surface area (Å²) < 4.78 is 1.16. The predicted octanol–water partition coefficient (Wildman–Crippen LogP) is 3.22. The van der Waals surface area contributed by atoms with Crippen molar-refractivity contribution < 1.29 is 9.90 Å². The van der Waals surface area contributed by atoms with E-state index in [0.717, 1.165) is 10.1 Å². The van der Waals surface area contributed by atoms with Crippen molar-refractivity contribution in [1.29, 1.82) is 0 Å². The summed E-state index contributed by atoms with van der Waals surface area (Å²) in [5.41, 5.74) is 1.55. The lowest BCUT2D eigenvalue weighted by molar-refractivity contribution is 0.0697. The normalized spacial score (nSPS) is 10.7. The summed E-state index contributed by atoms with van der Waals surface area (Å²) in [4.78, 5) is 12.0. The minimum atomic E-state index is -0.866. The number of aryl methyl sites for hydroxylation is 2. The van der Waals surface area contributed by atoms with E-state index in [0.29, 0.717) is 5.56 Å². The zero-order valence-corrected chi connectivity index (χ0v) is 8.81. The Morgan fingerprint density at radius 3 is 2.71 bits per heavy atom. The van der Waals surface area contributed by atoms with Gasteiger partial charge in [-0.15, -0.1) is 11.3 Å². The fourth-order valence-corrected chi connectivity index (χ4v) is 2.53. The van der Waals surface area contributed by atoms with Gasteiger partial charge in [0.1, 0.15) is 0 Å². The van der Waals surface area contributed by atoms with Crippen molar-refractivity contribution in [3.05, 3.63) is 34.2 Å². The van der Waals surface area contributed by atoms with Crippen LogP contribution in [0.4, 0.5) is 0 Å². The summed E-state index contributed by atoms with van der Waals surface area (Å²) in [5, 5.41) is 9.91. The van der Waals surface area contributed by atoms with Gasteiger partial charge in [-0.2, -0.15) is 0 Å². The number of carboxylic acid groups (broad SMARTS) is 1. The molecule has 72 valence electrons. The van der Waals surface area contributed by atoms with Gasteiger partial charge in [0.25, 0.3) is 0 Å². The number of rotatable bonds is 1. The smallest absolute Gasteiger partial charge is 0.335 e. The first-order valence-corrected chi connectivity index (χ1v) is 5.14. The number of fused-ring (bicyclic) bond motifs is 1. The summed E-state index contributed by atoms with van der Waals surface area (Å²) >= 11 is 1.71. The molecule has 0 aliphatic heterocycles. The number of carboxylic acids is 1. The van der Waals surface area contributed by atoms with E-state index >= 15 is 0 Å². The SMILES string of the molecule is Cc1sc2ccc(C(=O)O)cc2c1C. The Bertz CT molecular complexity index is 511. The van der Waals surface area contributed by atoms with Crippen molar-refractivity contribution in [2.75, 3.05) is 0 Å². The Hall–Kier alpha value is -1.35. The van der Waals surface area contributed by atoms with E-state index in [2.05, 4.69) is 6.92 Å². The zero-order valence-electron chi connectivity index (χ0n) is 8.00. The van der Waals surface area contributed by atoms with E-state index in [1.807, 2.05) is 13.0 Å². The molecule has 14 heavy (non-hydrogen) atoms. The number of hydrogen-bond acceptors (Lipinski definition) is 2. The van der Waals surface area contributed by atoms with E-state index in [1.165, 1.54) is 10.4 Å². The summed E-state index contributed by atoms with van der Waals surface area (Å²) in [6.45, 7) is 4.08. The molecule has 0 unspecified atom stereocenters. The number of hydrogen-bond donors (Lipinski definition) is 1. The third-order valence-corrected chi connectivity index (χ3v) is 3.61. The molecule has 2 rings (SSSR count). The molecule has 3 heteroatoms. The van der Waals surface area contributed by atoms with Crippen molar-refractivity contribution in [3.63, 3.8) is 0 Å². The van der Waals surface area contributed by atoms with E-state index in [4.69, 9.17) is 5.11 Å². The quantitative estimate of drug-likeness (QED) is 0.777. The third kappa shape index (κ3) is 1.30. The van der Waals surface area contributed by atoms with Gasteiger partial charge in [-0.25, -0.2) is 4.79 Å². The molecule has 0 bridgehead atoms. The van der Waals surface area contributed by atoms with Crippen molar-refractivity contribution in [2.45, 2.75) is 13.8 Å². The number of thiophene rings is 1. The summed E-state index contributed by atoms with van der Waals surface area (Å²) in [6, 6.07) is 5.28. The molecule has 0 aliphatic carbocycles. The Morgan fingerprint density at radius 2 is 2.07 bits per heavy atom. The van der Waals surface area contributed by atoms with Crippen LogP contribution in [0.2, 0.25) is 0 Å².